The average Bonchev–Trinajstić information content (AvgIpc) is 2.16. The van der Waals surface area contributed by atoms with Crippen LogP contribution in [0.3, 0.4) is 0 Å². The molecule has 0 amide bonds. The first-order valence-corrected chi connectivity index (χ1v) is 5.55. The molecule has 0 saturated carbocycles. The number of rotatable bonds is 4. The SMILES string of the molecule is CC(C)NCc1ccc(Br)c(C(=O)O)c1. The van der Waals surface area contributed by atoms with Crippen LogP contribution in [0.15, 0.2) is 22.7 Å². The molecule has 1 rings (SSSR count). The maximum absolute atomic E-state index is 10.9. The Morgan fingerprint density at radius 1 is 1.53 bits per heavy atom. The van der Waals surface area contributed by atoms with E-state index in [-0.39, 0.29) is 0 Å². The van der Waals surface area contributed by atoms with Crippen LogP contribution in [0.4, 0.5) is 0 Å². The quantitative estimate of drug-likeness (QED) is 0.885. The highest BCUT2D eigenvalue weighted by Crippen LogP contribution is 2.18. The summed E-state index contributed by atoms with van der Waals surface area (Å²) in [6.07, 6.45) is 0. The van der Waals surface area contributed by atoms with Gasteiger partial charge in [0, 0.05) is 17.1 Å². The molecule has 15 heavy (non-hydrogen) atoms. The van der Waals surface area contributed by atoms with Crippen LogP contribution in [0.25, 0.3) is 0 Å². The molecule has 0 saturated heterocycles. The van der Waals surface area contributed by atoms with Gasteiger partial charge in [-0.05, 0) is 33.6 Å². The predicted molar refractivity (Wildman–Crippen MR) is 63.1 cm³/mol. The lowest BCUT2D eigenvalue weighted by atomic mass is 10.1. The zero-order chi connectivity index (χ0) is 11.4. The highest BCUT2D eigenvalue weighted by atomic mass is 79.9. The Morgan fingerprint density at radius 3 is 2.73 bits per heavy atom. The lowest BCUT2D eigenvalue weighted by molar-refractivity contribution is 0.0696. The summed E-state index contributed by atoms with van der Waals surface area (Å²) in [4.78, 5) is 10.9. The number of aromatic carboxylic acids is 1. The van der Waals surface area contributed by atoms with E-state index in [0.29, 0.717) is 22.6 Å². The summed E-state index contributed by atoms with van der Waals surface area (Å²) in [5.74, 6) is -0.909. The van der Waals surface area contributed by atoms with E-state index >= 15 is 0 Å². The van der Waals surface area contributed by atoms with Gasteiger partial charge in [-0.15, -0.1) is 0 Å². The van der Waals surface area contributed by atoms with Crippen LogP contribution in [0.2, 0.25) is 0 Å². The van der Waals surface area contributed by atoms with E-state index in [1.165, 1.54) is 0 Å². The van der Waals surface area contributed by atoms with Gasteiger partial charge in [-0.25, -0.2) is 4.79 Å². The third kappa shape index (κ3) is 3.64. The first-order chi connectivity index (χ1) is 7.00. The lowest BCUT2D eigenvalue weighted by Crippen LogP contribution is -2.21. The largest absolute Gasteiger partial charge is 0.478 e. The highest BCUT2D eigenvalue weighted by molar-refractivity contribution is 9.10. The number of carboxylic acids is 1. The Balaban J connectivity index is 2.83. The minimum atomic E-state index is -0.909. The summed E-state index contributed by atoms with van der Waals surface area (Å²) >= 11 is 3.21. The molecule has 3 nitrogen and oxygen atoms in total. The van der Waals surface area contributed by atoms with Crippen molar-refractivity contribution < 1.29 is 9.90 Å². The molecular formula is C11H14BrNO2. The van der Waals surface area contributed by atoms with Gasteiger partial charge in [0.15, 0.2) is 0 Å². The molecule has 4 heteroatoms. The van der Waals surface area contributed by atoms with E-state index in [4.69, 9.17) is 5.11 Å². The summed E-state index contributed by atoms with van der Waals surface area (Å²) in [5.41, 5.74) is 1.28. The minimum absolute atomic E-state index is 0.304. The molecule has 82 valence electrons. The summed E-state index contributed by atoms with van der Waals surface area (Å²) < 4.78 is 0.614. The number of halogens is 1. The summed E-state index contributed by atoms with van der Waals surface area (Å²) in [6, 6.07) is 5.75. The van der Waals surface area contributed by atoms with E-state index < -0.39 is 5.97 Å². The van der Waals surface area contributed by atoms with Crippen molar-refractivity contribution in [3.8, 4) is 0 Å². The monoisotopic (exact) mass is 271 g/mol. The fraction of sp³-hybridized carbons (Fsp3) is 0.364. The molecule has 0 aliphatic carbocycles. The molecule has 0 aliphatic heterocycles. The summed E-state index contributed by atoms with van der Waals surface area (Å²) in [5, 5.41) is 12.2. The van der Waals surface area contributed by atoms with Crippen molar-refractivity contribution in [1.82, 2.24) is 5.32 Å². The fourth-order valence-corrected chi connectivity index (χ4v) is 1.58. The maximum atomic E-state index is 10.9. The van der Waals surface area contributed by atoms with Gasteiger partial charge < -0.3 is 10.4 Å². The molecule has 1 aromatic rings. The van der Waals surface area contributed by atoms with Crippen LogP contribution in [-0.2, 0) is 6.54 Å². The number of hydrogen-bond donors (Lipinski definition) is 2. The Hall–Kier alpha value is -0.870. The Bertz CT molecular complexity index is 364. The fourth-order valence-electron chi connectivity index (χ4n) is 1.17. The molecule has 0 atom stereocenters. The van der Waals surface area contributed by atoms with Gasteiger partial charge in [-0.1, -0.05) is 19.9 Å². The summed E-state index contributed by atoms with van der Waals surface area (Å²) in [7, 11) is 0. The third-order valence-electron chi connectivity index (χ3n) is 1.98. The number of hydrogen-bond acceptors (Lipinski definition) is 2. The average molecular weight is 272 g/mol. The molecule has 1 aromatic carbocycles. The predicted octanol–water partition coefficient (Wildman–Crippen LogP) is 2.65. The van der Waals surface area contributed by atoms with E-state index in [9.17, 15) is 4.79 Å². The molecule has 0 radical (unpaired) electrons. The van der Waals surface area contributed by atoms with Gasteiger partial charge in [0.05, 0.1) is 5.56 Å². The van der Waals surface area contributed by atoms with E-state index in [1.807, 2.05) is 6.07 Å². The molecule has 0 unspecified atom stereocenters. The molecule has 0 fully saturated rings. The maximum Gasteiger partial charge on any atom is 0.336 e. The molecule has 0 spiro atoms. The Kier molecular flexibility index (Phi) is 4.29. The van der Waals surface area contributed by atoms with Crippen LogP contribution in [0.5, 0.6) is 0 Å². The third-order valence-corrected chi connectivity index (χ3v) is 2.67. The van der Waals surface area contributed by atoms with Crippen LogP contribution >= 0.6 is 15.9 Å². The number of benzene rings is 1. The smallest absolute Gasteiger partial charge is 0.336 e. The van der Waals surface area contributed by atoms with Crippen molar-refractivity contribution in [3.05, 3.63) is 33.8 Å². The van der Waals surface area contributed by atoms with Crippen LogP contribution in [0, 0.1) is 0 Å². The van der Waals surface area contributed by atoms with Gasteiger partial charge in [0.25, 0.3) is 0 Å². The van der Waals surface area contributed by atoms with E-state index in [1.54, 1.807) is 12.1 Å². The van der Waals surface area contributed by atoms with Gasteiger partial charge in [0.2, 0.25) is 0 Å². The molecule has 2 N–H and O–H groups in total. The molecule has 0 aromatic heterocycles. The van der Waals surface area contributed by atoms with Crippen molar-refractivity contribution in [1.29, 1.82) is 0 Å². The Labute approximate surface area is 97.6 Å². The molecular weight excluding hydrogens is 258 g/mol. The number of carbonyl (C=O) groups is 1. The van der Waals surface area contributed by atoms with E-state index in [0.717, 1.165) is 5.56 Å². The van der Waals surface area contributed by atoms with Gasteiger partial charge >= 0.3 is 5.97 Å². The zero-order valence-electron chi connectivity index (χ0n) is 8.75. The second kappa shape index (κ2) is 5.28. The van der Waals surface area contributed by atoms with Gasteiger partial charge in [-0.2, -0.15) is 0 Å². The van der Waals surface area contributed by atoms with Gasteiger partial charge in [0.1, 0.15) is 0 Å². The van der Waals surface area contributed by atoms with Crippen LogP contribution in [0.1, 0.15) is 29.8 Å². The number of carboxylic acid groups (broad SMARTS) is 1. The lowest BCUT2D eigenvalue weighted by Gasteiger charge is -2.09. The molecule has 0 aliphatic rings. The second-order valence-electron chi connectivity index (χ2n) is 3.65. The first-order valence-electron chi connectivity index (χ1n) is 4.76. The van der Waals surface area contributed by atoms with Crippen LogP contribution < -0.4 is 5.32 Å². The minimum Gasteiger partial charge on any atom is -0.478 e. The van der Waals surface area contributed by atoms with Crippen LogP contribution in [-0.4, -0.2) is 17.1 Å². The second-order valence-corrected chi connectivity index (χ2v) is 4.51. The normalized spacial score (nSPS) is 10.7. The van der Waals surface area contributed by atoms with Crippen molar-refractivity contribution in [2.75, 3.05) is 0 Å². The summed E-state index contributed by atoms with van der Waals surface area (Å²) in [6.45, 7) is 4.79. The highest BCUT2D eigenvalue weighted by Gasteiger charge is 2.08. The zero-order valence-corrected chi connectivity index (χ0v) is 10.3. The standard InChI is InChI=1S/C11H14BrNO2/c1-7(2)13-6-8-3-4-10(12)9(5-8)11(14)15/h3-5,7,13H,6H2,1-2H3,(H,14,15). The van der Waals surface area contributed by atoms with E-state index in [2.05, 4.69) is 35.1 Å². The Morgan fingerprint density at radius 2 is 2.20 bits per heavy atom. The first kappa shape index (κ1) is 12.2. The molecule has 0 bridgehead atoms. The molecule has 0 heterocycles. The van der Waals surface area contributed by atoms with Crippen molar-refractivity contribution in [2.45, 2.75) is 26.4 Å². The number of nitrogens with one attached hydrogen (secondary N) is 1. The van der Waals surface area contributed by atoms with Gasteiger partial charge in [-0.3, -0.25) is 0 Å². The topological polar surface area (TPSA) is 49.3 Å². The van der Waals surface area contributed by atoms with Crippen molar-refractivity contribution >= 4 is 21.9 Å². The van der Waals surface area contributed by atoms with Crippen molar-refractivity contribution in [2.24, 2.45) is 0 Å². The van der Waals surface area contributed by atoms with Crippen molar-refractivity contribution in [3.63, 3.8) is 0 Å².